The first-order valence-electron chi connectivity index (χ1n) is 11.3. The second-order valence-corrected chi connectivity index (χ2v) is 8.52. The van der Waals surface area contributed by atoms with Gasteiger partial charge < -0.3 is 10.6 Å². The monoisotopic (exact) mass is 458 g/mol. The van der Waals surface area contributed by atoms with E-state index in [1.54, 1.807) is 16.8 Å². The van der Waals surface area contributed by atoms with Crippen LogP contribution in [0.25, 0.3) is 16.9 Å². The van der Waals surface area contributed by atoms with E-state index in [0.29, 0.717) is 22.8 Å². The first-order valence-corrected chi connectivity index (χ1v) is 11.3. The lowest BCUT2D eigenvalue weighted by molar-refractivity contribution is 0.486. The Balaban J connectivity index is 1.63. The lowest BCUT2D eigenvalue weighted by atomic mass is 10.0. The third kappa shape index (κ3) is 3.81. The molecule has 10 heteroatoms. The minimum Gasteiger partial charge on any atom is -0.324 e. The van der Waals surface area contributed by atoms with E-state index >= 15 is 0 Å². The van der Waals surface area contributed by atoms with Gasteiger partial charge in [-0.25, -0.2) is 19.0 Å². The van der Waals surface area contributed by atoms with Crippen LogP contribution in [0.3, 0.4) is 0 Å². The van der Waals surface area contributed by atoms with E-state index < -0.39 is 0 Å². The van der Waals surface area contributed by atoms with Crippen LogP contribution in [0, 0.1) is 0 Å². The molecule has 0 saturated heterocycles. The summed E-state index contributed by atoms with van der Waals surface area (Å²) in [5.41, 5.74) is 3.36. The Morgan fingerprint density at radius 1 is 1.21 bits per heavy atom. The molecule has 0 spiro atoms. The second-order valence-electron chi connectivity index (χ2n) is 8.52. The highest BCUT2D eigenvalue weighted by molar-refractivity contribution is 5.77. The fraction of sp³-hybridized carbons (Fsp3) is 0.292. The van der Waals surface area contributed by atoms with Crippen molar-refractivity contribution in [2.45, 2.75) is 39.4 Å². The van der Waals surface area contributed by atoms with E-state index in [0.717, 1.165) is 25.2 Å². The van der Waals surface area contributed by atoms with Crippen LogP contribution in [0.5, 0.6) is 0 Å². The normalized spacial score (nSPS) is 13.3. The van der Waals surface area contributed by atoms with Gasteiger partial charge in [0, 0.05) is 24.5 Å². The van der Waals surface area contributed by atoms with Crippen LogP contribution in [0.4, 0.5) is 11.6 Å². The maximum Gasteiger partial charge on any atom is 0.278 e. The number of allylic oxidation sites excluding steroid dienone is 1. The molecule has 10 nitrogen and oxygen atoms in total. The van der Waals surface area contributed by atoms with E-state index in [1.807, 2.05) is 19.9 Å². The van der Waals surface area contributed by atoms with Gasteiger partial charge in [-0.2, -0.15) is 4.98 Å². The highest BCUT2D eigenvalue weighted by Crippen LogP contribution is 2.22. The number of aromatic nitrogens is 6. The molecule has 0 saturated carbocycles. The summed E-state index contributed by atoms with van der Waals surface area (Å²) in [7, 11) is 0. The van der Waals surface area contributed by atoms with E-state index in [-0.39, 0.29) is 23.7 Å². The maximum absolute atomic E-state index is 13.1. The number of nitrogens with one attached hydrogen (secondary N) is 2. The van der Waals surface area contributed by atoms with Crippen LogP contribution in [0.15, 0.2) is 58.8 Å². The Kier molecular flexibility index (Phi) is 5.58. The highest BCUT2D eigenvalue weighted by atomic mass is 16.1. The number of nitrogens with zero attached hydrogens (tertiary/aromatic N) is 6. The number of hydrogen-bond acceptors (Lipinski definition) is 7. The first-order chi connectivity index (χ1) is 16.5. The SMILES string of the molecule is C=CCn1c(=O)c2cnc(Nc3ccc4c(c3)CNCC4)nc2n1-c1ccc(=O)n(C(C)C)n1. The number of fused-ring (bicyclic) bond motifs is 2. The lowest BCUT2D eigenvalue weighted by Crippen LogP contribution is -2.28. The van der Waals surface area contributed by atoms with Crippen molar-refractivity contribution in [3.63, 3.8) is 0 Å². The van der Waals surface area contributed by atoms with E-state index in [2.05, 4.69) is 44.4 Å². The van der Waals surface area contributed by atoms with Crippen LogP contribution in [0.2, 0.25) is 0 Å². The minimum absolute atomic E-state index is 0.140. The first kappa shape index (κ1) is 21.8. The fourth-order valence-electron chi connectivity index (χ4n) is 4.19. The van der Waals surface area contributed by atoms with Crippen molar-refractivity contribution in [1.82, 2.24) is 34.4 Å². The molecule has 4 heterocycles. The topological polar surface area (TPSA) is 112 Å². The lowest BCUT2D eigenvalue weighted by Gasteiger charge is -2.18. The quantitative estimate of drug-likeness (QED) is 0.427. The van der Waals surface area contributed by atoms with Crippen molar-refractivity contribution in [3.05, 3.63) is 81.0 Å². The molecule has 4 aromatic rings. The molecule has 3 aromatic heterocycles. The third-order valence-corrected chi connectivity index (χ3v) is 5.84. The molecule has 0 radical (unpaired) electrons. The predicted molar refractivity (Wildman–Crippen MR) is 131 cm³/mol. The standard InChI is InChI=1S/C24H26N8O2/c1-4-11-30-23(34)19-14-26-24(27-18-6-5-16-9-10-25-13-17(16)12-18)28-22(19)32(30)20-7-8-21(33)31(29-20)15(2)3/h4-8,12,14-15,25H,1,9-11,13H2,2-3H3,(H,26,27,28). The maximum atomic E-state index is 13.1. The summed E-state index contributed by atoms with van der Waals surface area (Å²) in [5, 5.41) is 11.5. The third-order valence-electron chi connectivity index (χ3n) is 5.84. The molecule has 1 aromatic carbocycles. The number of hydrogen-bond donors (Lipinski definition) is 2. The van der Waals surface area contributed by atoms with E-state index in [4.69, 9.17) is 0 Å². The number of benzene rings is 1. The Morgan fingerprint density at radius 3 is 2.85 bits per heavy atom. The van der Waals surface area contributed by atoms with Gasteiger partial charge >= 0.3 is 0 Å². The van der Waals surface area contributed by atoms with Crippen molar-refractivity contribution in [2.75, 3.05) is 11.9 Å². The Labute approximate surface area is 195 Å². The van der Waals surface area contributed by atoms with Crippen molar-refractivity contribution in [1.29, 1.82) is 0 Å². The van der Waals surface area contributed by atoms with Gasteiger partial charge in [-0.15, -0.1) is 11.7 Å². The highest BCUT2D eigenvalue weighted by Gasteiger charge is 2.19. The van der Waals surface area contributed by atoms with Crippen LogP contribution in [-0.4, -0.2) is 35.7 Å². The molecule has 34 heavy (non-hydrogen) atoms. The van der Waals surface area contributed by atoms with E-state index in [9.17, 15) is 9.59 Å². The zero-order valence-corrected chi connectivity index (χ0v) is 19.2. The van der Waals surface area contributed by atoms with Gasteiger partial charge in [0.05, 0.1) is 12.6 Å². The molecule has 174 valence electrons. The van der Waals surface area contributed by atoms with Gasteiger partial charge in [0.2, 0.25) is 5.95 Å². The van der Waals surface area contributed by atoms with Crippen LogP contribution < -0.4 is 21.8 Å². The average Bonchev–Trinajstić information content (AvgIpc) is 3.10. The van der Waals surface area contributed by atoms with Crippen molar-refractivity contribution >= 4 is 22.7 Å². The molecule has 0 unspecified atom stereocenters. The van der Waals surface area contributed by atoms with Crippen molar-refractivity contribution < 1.29 is 0 Å². The predicted octanol–water partition coefficient (Wildman–Crippen LogP) is 2.30. The molecule has 0 bridgehead atoms. The van der Waals surface area contributed by atoms with E-state index in [1.165, 1.54) is 32.8 Å². The summed E-state index contributed by atoms with van der Waals surface area (Å²) in [6.45, 7) is 9.58. The molecule has 1 aliphatic rings. The molecule has 2 N–H and O–H groups in total. The smallest absolute Gasteiger partial charge is 0.278 e. The molecule has 0 amide bonds. The Hall–Kier alpha value is -4.05. The summed E-state index contributed by atoms with van der Waals surface area (Å²) in [4.78, 5) is 34.4. The van der Waals surface area contributed by atoms with Gasteiger partial charge in [-0.05, 0) is 56.1 Å². The molecule has 0 atom stereocenters. The van der Waals surface area contributed by atoms with Crippen LogP contribution in [0.1, 0.15) is 31.0 Å². The van der Waals surface area contributed by atoms with Gasteiger partial charge in [-0.1, -0.05) is 12.1 Å². The summed E-state index contributed by atoms with van der Waals surface area (Å²) >= 11 is 0. The minimum atomic E-state index is -0.259. The zero-order chi connectivity index (χ0) is 23.8. The molecular weight excluding hydrogens is 432 g/mol. The second kappa shape index (κ2) is 8.71. The summed E-state index contributed by atoms with van der Waals surface area (Å²) in [6.07, 6.45) is 4.15. The van der Waals surface area contributed by atoms with Gasteiger partial charge in [0.1, 0.15) is 5.39 Å². The van der Waals surface area contributed by atoms with Gasteiger partial charge in [0.15, 0.2) is 11.5 Å². The Morgan fingerprint density at radius 2 is 2.06 bits per heavy atom. The van der Waals surface area contributed by atoms with Crippen LogP contribution >= 0.6 is 0 Å². The molecular formula is C24H26N8O2. The summed E-state index contributed by atoms with van der Waals surface area (Å²) < 4.78 is 4.48. The van der Waals surface area contributed by atoms with Gasteiger partial charge in [0.25, 0.3) is 11.1 Å². The molecule has 0 aliphatic carbocycles. The molecule has 5 rings (SSSR count). The number of anilines is 2. The largest absolute Gasteiger partial charge is 0.324 e. The Bertz CT molecular complexity index is 1510. The van der Waals surface area contributed by atoms with Crippen LogP contribution in [-0.2, 0) is 19.5 Å². The average molecular weight is 459 g/mol. The molecule has 1 aliphatic heterocycles. The van der Waals surface area contributed by atoms with Gasteiger partial charge in [-0.3, -0.25) is 9.59 Å². The molecule has 0 fully saturated rings. The fourth-order valence-corrected chi connectivity index (χ4v) is 4.19. The number of rotatable bonds is 6. The zero-order valence-electron chi connectivity index (χ0n) is 19.2. The van der Waals surface area contributed by atoms with Crippen molar-refractivity contribution in [2.24, 2.45) is 0 Å². The summed E-state index contributed by atoms with van der Waals surface area (Å²) in [5.74, 6) is 0.768. The van der Waals surface area contributed by atoms with Crippen molar-refractivity contribution in [3.8, 4) is 5.82 Å². The summed E-state index contributed by atoms with van der Waals surface area (Å²) in [6, 6.07) is 9.11.